The van der Waals surface area contributed by atoms with Crippen molar-refractivity contribution in [2.75, 3.05) is 19.5 Å². The summed E-state index contributed by atoms with van der Waals surface area (Å²) in [5.74, 6) is 6.29. The third kappa shape index (κ3) is 2.86. The van der Waals surface area contributed by atoms with Crippen LogP contribution in [0.15, 0.2) is 36.5 Å². The molecule has 0 fully saturated rings. The van der Waals surface area contributed by atoms with Crippen molar-refractivity contribution in [1.82, 2.24) is 14.9 Å². The van der Waals surface area contributed by atoms with Crippen LogP contribution in [-0.4, -0.2) is 34.9 Å². The van der Waals surface area contributed by atoms with Gasteiger partial charge in [0, 0.05) is 37.5 Å². The van der Waals surface area contributed by atoms with Crippen molar-refractivity contribution in [2.45, 2.75) is 0 Å². The Labute approximate surface area is 111 Å². The molecule has 0 saturated carbocycles. The summed E-state index contributed by atoms with van der Waals surface area (Å²) in [6.07, 6.45) is 1.61. The first-order valence-electron chi connectivity index (χ1n) is 5.73. The highest BCUT2D eigenvalue weighted by Crippen LogP contribution is 2.18. The van der Waals surface area contributed by atoms with E-state index in [-0.39, 0.29) is 5.91 Å². The molecule has 0 spiro atoms. The molecule has 0 aliphatic rings. The number of amides is 1. The van der Waals surface area contributed by atoms with Gasteiger partial charge in [0.2, 0.25) is 0 Å². The molecule has 1 aromatic carbocycles. The number of aromatic nitrogens is 2. The lowest BCUT2D eigenvalue weighted by atomic mass is 10.1. The predicted octanol–water partition coefficient (Wildman–Crippen LogP) is 1.13. The fraction of sp³-hybridized carbons (Fsp3) is 0.154. The van der Waals surface area contributed by atoms with Crippen molar-refractivity contribution in [1.29, 1.82) is 0 Å². The number of hydrazine groups is 1. The van der Waals surface area contributed by atoms with Gasteiger partial charge < -0.3 is 10.3 Å². The molecule has 0 aliphatic carbocycles. The summed E-state index contributed by atoms with van der Waals surface area (Å²) < 4.78 is 0. The molecule has 98 valence electrons. The van der Waals surface area contributed by atoms with Gasteiger partial charge >= 0.3 is 0 Å². The van der Waals surface area contributed by atoms with Crippen molar-refractivity contribution < 1.29 is 4.79 Å². The third-order valence-electron chi connectivity index (χ3n) is 2.58. The highest BCUT2D eigenvalue weighted by atomic mass is 16.2. The molecular weight excluding hydrogens is 242 g/mol. The number of nitrogens with two attached hydrogens (primary N) is 1. The van der Waals surface area contributed by atoms with Gasteiger partial charge in [0.05, 0.1) is 0 Å². The normalized spacial score (nSPS) is 10.1. The van der Waals surface area contributed by atoms with Crippen LogP contribution in [0, 0.1) is 0 Å². The van der Waals surface area contributed by atoms with Gasteiger partial charge in [0.15, 0.2) is 5.82 Å². The van der Waals surface area contributed by atoms with Crippen molar-refractivity contribution in [2.24, 2.45) is 5.84 Å². The summed E-state index contributed by atoms with van der Waals surface area (Å²) in [7, 11) is 3.43. The van der Waals surface area contributed by atoms with Crippen LogP contribution >= 0.6 is 0 Å². The Hall–Kier alpha value is -2.47. The SMILES string of the molecule is CN(C)C(=O)c1cccc(-c2nccc(NN)n2)c1. The van der Waals surface area contributed by atoms with Crippen molar-refractivity contribution in [3.8, 4) is 11.4 Å². The van der Waals surface area contributed by atoms with E-state index in [0.29, 0.717) is 17.2 Å². The molecular formula is C13H15N5O. The molecule has 3 N–H and O–H groups in total. The number of rotatable bonds is 3. The molecule has 0 unspecified atom stereocenters. The maximum atomic E-state index is 11.9. The number of carbonyl (C=O) groups is 1. The minimum Gasteiger partial charge on any atom is -0.345 e. The molecule has 0 saturated heterocycles. The fourth-order valence-electron chi connectivity index (χ4n) is 1.63. The molecule has 1 heterocycles. The quantitative estimate of drug-likeness (QED) is 0.636. The standard InChI is InChI=1S/C13H15N5O/c1-18(2)13(19)10-5-3-4-9(8-10)12-15-7-6-11(16-12)17-14/h3-8H,14H2,1-2H3,(H,15,16,17). The van der Waals surface area contributed by atoms with Crippen LogP contribution in [0.2, 0.25) is 0 Å². The Kier molecular flexibility index (Phi) is 3.72. The first-order chi connectivity index (χ1) is 9.11. The maximum absolute atomic E-state index is 11.9. The summed E-state index contributed by atoms with van der Waals surface area (Å²) in [5.41, 5.74) is 3.83. The van der Waals surface area contributed by atoms with E-state index in [1.54, 1.807) is 44.6 Å². The Morgan fingerprint density at radius 1 is 1.32 bits per heavy atom. The van der Waals surface area contributed by atoms with E-state index in [4.69, 9.17) is 5.84 Å². The summed E-state index contributed by atoms with van der Waals surface area (Å²) in [6.45, 7) is 0. The van der Waals surface area contributed by atoms with Crippen LogP contribution in [-0.2, 0) is 0 Å². The lowest BCUT2D eigenvalue weighted by Crippen LogP contribution is -2.21. The summed E-state index contributed by atoms with van der Waals surface area (Å²) in [5, 5.41) is 0. The zero-order chi connectivity index (χ0) is 13.8. The van der Waals surface area contributed by atoms with Crippen LogP contribution in [0.4, 0.5) is 5.82 Å². The van der Waals surface area contributed by atoms with Crippen LogP contribution in [0.1, 0.15) is 10.4 Å². The summed E-state index contributed by atoms with van der Waals surface area (Å²) >= 11 is 0. The van der Waals surface area contributed by atoms with Crippen molar-refractivity contribution in [3.63, 3.8) is 0 Å². The van der Waals surface area contributed by atoms with Crippen molar-refractivity contribution >= 4 is 11.7 Å². The van der Waals surface area contributed by atoms with Gasteiger partial charge in [-0.05, 0) is 12.1 Å². The van der Waals surface area contributed by atoms with Gasteiger partial charge in [-0.25, -0.2) is 15.8 Å². The third-order valence-corrected chi connectivity index (χ3v) is 2.58. The second-order valence-corrected chi connectivity index (χ2v) is 4.19. The smallest absolute Gasteiger partial charge is 0.253 e. The van der Waals surface area contributed by atoms with Crippen LogP contribution in [0.25, 0.3) is 11.4 Å². The molecule has 1 aromatic heterocycles. The minimum absolute atomic E-state index is 0.0602. The molecule has 2 rings (SSSR count). The van der Waals surface area contributed by atoms with Crippen LogP contribution < -0.4 is 11.3 Å². The Balaban J connectivity index is 2.40. The molecule has 0 atom stereocenters. The highest BCUT2D eigenvalue weighted by molar-refractivity contribution is 5.94. The van der Waals surface area contributed by atoms with Crippen LogP contribution in [0.5, 0.6) is 0 Å². The average molecular weight is 257 g/mol. The Bertz CT molecular complexity index is 597. The minimum atomic E-state index is -0.0602. The van der Waals surface area contributed by atoms with Gasteiger partial charge in [-0.3, -0.25) is 4.79 Å². The largest absolute Gasteiger partial charge is 0.345 e. The van der Waals surface area contributed by atoms with Gasteiger partial charge in [-0.1, -0.05) is 12.1 Å². The second-order valence-electron chi connectivity index (χ2n) is 4.19. The lowest BCUT2D eigenvalue weighted by Gasteiger charge is -2.11. The molecule has 0 radical (unpaired) electrons. The molecule has 6 nitrogen and oxygen atoms in total. The maximum Gasteiger partial charge on any atom is 0.253 e. The summed E-state index contributed by atoms with van der Waals surface area (Å²) in [6, 6.07) is 8.84. The zero-order valence-corrected chi connectivity index (χ0v) is 10.8. The fourth-order valence-corrected chi connectivity index (χ4v) is 1.63. The average Bonchev–Trinajstić information content (AvgIpc) is 2.46. The molecule has 0 bridgehead atoms. The van der Waals surface area contributed by atoms with E-state index in [2.05, 4.69) is 15.4 Å². The van der Waals surface area contributed by atoms with E-state index in [9.17, 15) is 4.79 Å². The molecule has 19 heavy (non-hydrogen) atoms. The Morgan fingerprint density at radius 2 is 2.11 bits per heavy atom. The highest BCUT2D eigenvalue weighted by Gasteiger charge is 2.10. The summed E-state index contributed by atoms with van der Waals surface area (Å²) in [4.78, 5) is 21.8. The van der Waals surface area contributed by atoms with E-state index < -0.39 is 0 Å². The molecule has 1 amide bonds. The first kappa shape index (κ1) is 13.0. The first-order valence-corrected chi connectivity index (χ1v) is 5.73. The number of hydrogen-bond donors (Lipinski definition) is 2. The number of hydrogen-bond acceptors (Lipinski definition) is 5. The van der Waals surface area contributed by atoms with Crippen LogP contribution in [0.3, 0.4) is 0 Å². The van der Waals surface area contributed by atoms with Gasteiger partial charge in [-0.2, -0.15) is 0 Å². The number of nitrogen functional groups attached to an aromatic ring is 1. The molecule has 0 aliphatic heterocycles. The van der Waals surface area contributed by atoms with E-state index in [0.717, 1.165) is 5.56 Å². The number of benzene rings is 1. The topological polar surface area (TPSA) is 84.1 Å². The lowest BCUT2D eigenvalue weighted by molar-refractivity contribution is 0.0827. The van der Waals surface area contributed by atoms with E-state index in [1.165, 1.54) is 4.90 Å². The van der Waals surface area contributed by atoms with E-state index >= 15 is 0 Å². The number of nitrogens with one attached hydrogen (secondary N) is 1. The second kappa shape index (κ2) is 5.45. The monoisotopic (exact) mass is 257 g/mol. The molecule has 2 aromatic rings. The zero-order valence-electron chi connectivity index (χ0n) is 10.8. The Morgan fingerprint density at radius 3 is 2.79 bits per heavy atom. The van der Waals surface area contributed by atoms with Gasteiger partial charge in [0.25, 0.3) is 5.91 Å². The predicted molar refractivity (Wildman–Crippen MR) is 73.3 cm³/mol. The molecule has 6 heteroatoms. The van der Waals surface area contributed by atoms with Gasteiger partial charge in [0.1, 0.15) is 5.82 Å². The number of carbonyl (C=O) groups excluding carboxylic acids is 1. The number of nitrogens with zero attached hydrogens (tertiary/aromatic N) is 3. The number of anilines is 1. The van der Waals surface area contributed by atoms with E-state index in [1.807, 2.05) is 6.07 Å². The van der Waals surface area contributed by atoms with Gasteiger partial charge in [-0.15, -0.1) is 0 Å². The van der Waals surface area contributed by atoms with Crippen molar-refractivity contribution in [3.05, 3.63) is 42.1 Å².